The molecule has 0 saturated carbocycles. The molecule has 2 heterocycles. The van der Waals surface area contributed by atoms with Crippen LogP contribution in [-0.2, 0) is 12.0 Å². The van der Waals surface area contributed by atoms with Crippen LogP contribution in [0.3, 0.4) is 0 Å². The number of amides is 1. The summed E-state index contributed by atoms with van der Waals surface area (Å²) in [4.78, 5) is 14.0. The van der Waals surface area contributed by atoms with Crippen LogP contribution in [0.2, 0.25) is 0 Å². The minimum atomic E-state index is -0.0793. The van der Waals surface area contributed by atoms with E-state index in [-0.39, 0.29) is 11.3 Å². The normalized spacial score (nSPS) is 11.3. The van der Waals surface area contributed by atoms with Crippen molar-refractivity contribution in [2.75, 3.05) is 0 Å². The van der Waals surface area contributed by atoms with Gasteiger partial charge in [-0.2, -0.15) is 4.73 Å². The smallest absolute Gasteiger partial charge is 0.261 e. The van der Waals surface area contributed by atoms with Gasteiger partial charge in [-0.05, 0) is 23.1 Å². The molecular weight excluding hydrogens is 272 g/mol. The lowest BCUT2D eigenvalue weighted by Gasteiger charge is -2.15. The molecule has 2 rings (SSSR count). The van der Waals surface area contributed by atoms with E-state index in [4.69, 9.17) is 0 Å². The number of carbonyl (C=O) groups excluding carboxylic acids is 1. The van der Waals surface area contributed by atoms with Gasteiger partial charge in [0.15, 0.2) is 12.4 Å². The van der Waals surface area contributed by atoms with Crippen molar-refractivity contribution >= 4 is 17.2 Å². The Morgan fingerprint density at radius 1 is 1.25 bits per heavy atom. The minimum Gasteiger partial charge on any atom is -0.619 e. The summed E-state index contributed by atoms with van der Waals surface area (Å²) in [6.07, 6.45) is 2.84. The van der Waals surface area contributed by atoms with Crippen LogP contribution < -0.4 is 10.0 Å². The molecule has 2 aromatic rings. The summed E-state index contributed by atoms with van der Waals surface area (Å²) in [6.45, 7) is 6.80. The fourth-order valence-electron chi connectivity index (χ4n) is 1.69. The Kier molecular flexibility index (Phi) is 4.09. The van der Waals surface area contributed by atoms with Crippen LogP contribution in [0.15, 0.2) is 36.7 Å². The molecule has 5 heteroatoms. The first-order chi connectivity index (χ1) is 9.36. The van der Waals surface area contributed by atoms with Crippen LogP contribution in [-0.4, -0.2) is 5.91 Å². The molecule has 0 aliphatic carbocycles. The van der Waals surface area contributed by atoms with E-state index in [0.717, 1.165) is 10.3 Å². The molecule has 0 bridgehead atoms. The number of rotatable bonds is 3. The molecule has 106 valence electrons. The summed E-state index contributed by atoms with van der Waals surface area (Å²) in [5.74, 6) is -0.0793. The van der Waals surface area contributed by atoms with Gasteiger partial charge in [-0.3, -0.25) is 4.79 Å². The molecule has 0 saturated heterocycles. The van der Waals surface area contributed by atoms with Gasteiger partial charge in [0, 0.05) is 23.6 Å². The highest BCUT2D eigenvalue weighted by atomic mass is 32.1. The number of nitrogens with zero attached hydrogens (tertiary/aromatic N) is 1. The van der Waals surface area contributed by atoms with Crippen molar-refractivity contribution in [3.05, 3.63) is 57.2 Å². The maximum Gasteiger partial charge on any atom is 0.261 e. The molecule has 2 aromatic heterocycles. The van der Waals surface area contributed by atoms with E-state index in [1.807, 2.05) is 12.1 Å². The minimum absolute atomic E-state index is 0.0599. The second-order valence-corrected chi connectivity index (χ2v) is 6.75. The lowest BCUT2D eigenvalue weighted by Crippen LogP contribution is -2.26. The molecule has 1 N–H and O–H groups in total. The first-order valence-corrected chi connectivity index (χ1v) is 7.24. The van der Waals surface area contributed by atoms with E-state index in [9.17, 15) is 10.0 Å². The molecule has 0 aliphatic rings. The maximum atomic E-state index is 12.1. The zero-order valence-electron chi connectivity index (χ0n) is 11.8. The van der Waals surface area contributed by atoms with E-state index in [1.165, 1.54) is 28.6 Å². The van der Waals surface area contributed by atoms with Crippen molar-refractivity contribution in [3.8, 4) is 0 Å². The first kappa shape index (κ1) is 14.5. The van der Waals surface area contributed by atoms with Gasteiger partial charge >= 0.3 is 0 Å². The first-order valence-electron chi connectivity index (χ1n) is 6.42. The number of nitrogens with one attached hydrogen (secondary N) is 1. The Morgan fingerprint density at radius 3 is 2.45 bits per heavy atom. The average molecular weight is 290 g/mol. The second-order valence-electron chi connectivity index (χ2n) is 5.66. The zero-order chi connectivity index (χ0) is 14.8. The van der Waals surface area contributed by atoms with Gasteiger partial charge in [0.2, 0.25) is 0 Å². The summed E-state index contributed by atoms with van der Waals surface area (Å²) in [5.41, 5.74) is 0.961. The van der Waals surface area contributed by atoms with Crippen molar-refractivity contribution in [2.24, 2.45) is 0 Å². The summed E-state index contributed by atoms with van der Waals surface area (Å²) in [7, 11) is 0. The average Bonchev–Trinajstić information content (AvgIpc) is 2.87. The highest BCUT2D eigenvalue weighted by molar-refractivity contribution is 7.14. The molecule has 0 aromatic carbocycles. The van der Waals surface area contributed by atoms with Gasteiger partial charge in [0.05, 0.1) is 4.88 Å². The second kappa shape index (κ2) is 5.63. The number of pyridine rings is 1. The Hall–Kier alpha value is -1.88. The number of hydrogen-bond acceptors (Lipinski definition) is 3. The summed E-state index contributed by atoms with van der Waals surface area (Å²) < 4.78 is 0.722. The topological polar surface area (TPSA) is 56.0 Å². The lowest BCUT2D eigenvalue weighted by atomic mass is 9.95. The van der Waals surface area contributed by atoms with Gasteiger partial charge < -0.3 is 10.5 Å². The van der Waals surface area contributed by atoms with E-state index < -0.39 is 0 Å². The van der Waals surface area contributed by atoms with E-state index in [2.05, 4.69) is 26.1 Å². The summed E-state index contributed by atoms with van der Waals surface area (Å²) >= 11 is 1.52. The van der Waals surface area contributed by atoms with Crippen LogP contribution >= 0.6 is 11.3 Å². The van der Waals surface area contributed by atoms with Gasteiger partial charge in [0.25, 0.3) is 5.91 Å². The quantitative estimate of drug-likeness (QED) is 0.698. The van der Waals surface area contributed by atoms with Crippen molar-refractivity contribution < 1.29 is 9.52 Å². The van der Waals surface area contributed by atoms with Crippen LogP contribution in [0.25, 0.3) is 0 Å². The van der Waals surface area contributed by atoms with Gasteiger partial charge in [-0.25, -0.2) is 0 Å². The van der Waals surface area contributed by atoms with Gasteiger partial charge in [-0.1, -0.05) is 20.8 Å². The van der Waals surface area contributed by atoms with Crippen LogP contribution in [0.4, 0.5) is 0 Å². The van der Waals surface area contributed by atoms with Crippen LogP contribution in [0, 0.1) is 5.21 Å². The van der Waals surface area contributed by atoms with Crippen molar-refractivity contribution in [2.45, 2.75) is 32.7 Å². The predicted molar refractivity (Wildman–Crippen MR) is 79.6 cm³/mol. The number of carbonyl (C=O) groups is 1. The number of thiophene rings is 1. The van der Waals surface area contributed by atoms with Gasteiger partial charge in [-0.15, -0.1) is 11.3 Å². The largest absolute Gasteiger partial charge is 0.619 e. The molecule has 0 spiro atoms. The number of aromatic nitrogens is 1. The molecule has 1 amide bonds. The molecule has 0 atom stereocenters. The third-order valence-electron chi connectivity index (χ3n) is 2.89. The summed E-state index contributed by atoms with van der Waals surface area (Å²) in [5, 5.41) is 13.8. The van der Waals surface area contributed by atoms with Crippen LogP contribution in [0.5, 0.6) is 0 Å². The third-order valence-corrected chi connectivity index (χ3v) is 4.40. The van der Waals surface area contributed by atoms with Crippen molar-refractivity contribution in [3.63, 3.8) is 0 Å². The summed E-state index contributed by atoms with van der Waals surface area (Å²) in [6, 6.07) is 7.25. The predicted octanol–water partition coefficient (Wildman–Crippen LogP) is 2.61. The standard InChI is InChI=1S/C15H18N2O2S/c1-15(2,3)13-5-4-12(20-13)14(18)16-10-11-6-8-17(19)9-7-11/h4-9H,10H2,1-3H3,(H,16,18). The van der Waals surface area contributed by atoms with E-state index >= 15 is 0 Å². The Balaban J connectivity index is 1.98. The Morgan fingerprint density at radius 2 is 1.90 bits per heavy atom. The lowest BCUT2D eigenvalue weighted by molar-refractivity contribution is -0.605. The molecule has 0 radical (unpaired) electrons. The Labute approximate surface area is 122 Å². The highest BCUT2D eigenvalue weighted by Gasteiger charge is 2.18. The molecule has 0 aliphatic heterocycles. The Bertz CT molecular complexity index is 597. The highest BCUT2D eigenvalue weighted by Crippen LogP contribution is 2.29. The van der Waals surface area contributed by atoms with Crippen molar-refractivity contribution in [1.82, 2.24) is 5.32 Å². The third kappa shape index (κ3) is 3.57. The molecular formula is C15H18N2O2S. The fourth-order valence-corrected chi connectivity index (χ4v) is 2.67. The molecule has 4 nitrogen and oxygen atoms in total. The maximum absolute atomic E-state index is 12.1. The molecule has 0 unspecified atom stereocenters. The molecule has 0 fully saturated rings. The van der Waals surface area contributed by atoms with E-state index in [0.29, 0.717) is 11.4 Å². The molecule has 20 heavy (non-hydrogen) atoms. The SMILES string of the molecule is CC(C)(C)c1ccc(C(=O)NCc2cc[n+]([O-])cc2)s1. The van der Waals surface area contributed by atoms with E-state index in [1.54, 1.807) is 12.1 Å². The van der Waals surface area contributed by atoms with Crippen molar-refractivity contribution in [1.29, 1.82) is 0 Å². The fraction of sp³-hybridized carbons (Fsp3) is 0.333. The number of hydrogen-bond donors (Lipinski definition) is 1. The van der Waals surface area contributed by atoms with Gasteiger partial charge in [0.1, 0.15) is 0 Å². The monoisotopic (exact) mass is 290 g/mol. The van der Waals surface area contributed by atoms with Crippen LogP contribution in [0.1, 0.15) is 40.9 Å². The zero-order valence-corrected chi connectivity index (χ0v) is 12.7.